The molecule has 0 radical (unpaired) electrons. The first kappa shape index (κ1) is 22.5. The van der Waals surface area contributed by atoms with Gasteiger partial charge in [-0.05, 0) is 0 Å². The SMILES string of the molecule is [K+].[K+].[Na+].[O-]B([O-])[O-]. The summed E-state index contributed by atoms with van der Waals surface area (Å²) in [5, 5.41) is 25.2. The fraction of sp³-hybridized carbons (Fsp3) is 0. The molecule has 0 aliphatic heterocycles. The first-order valence-electron chi connectivity index (χ1n) is 0.707. The van der Waals surface area contributed by atoms with Crippen molar-refractivity contribution in [1.82, 2.24) is 0 Å². The smallest absolute Gasteiger partial charge is 0.907 e. The minimum absolute atomic E-state index is 0. The van der Waals surface area contributed by atoms with Crippen LogP contribution < -0.4 is 147 Å². The van der Waals surface area contributed by atoms with Crippen LogP contribution in [0.2, 0.25) is 0 Å². The van der Waals surface area contributed by atoms with E-state index >= 15 is 0 Å². The van der Waals surface area contributed by atoms with E-state index in [0.717, 1.165) is 0 Å². The molecule has 0 atom stereocenters. The molecule has 0 saturated heterocycles. The second-order valence-corrected chi connectivity index (χ2v) is 0.289. The first-order chi connectivity index (χ1) is 1.73. The molecule has 0 fully saturated rings. The maximum Gasteiger partial charge on any atom is 1.00 e. The molecule has 7 heteroatoms. The van der Waals surface area contributed by atoms with Gasteiger partial charge in [0, 0.05) is 0 Å². The van der Waals surface area contributed by atoms with E-state index in [1.54, 1.807) is 0 Å². The van der Waals surface area contributed by atoms with Crippen LogP contribution in [0, 0.1) is 0 Å². The third kappa shape index (κ3) is 38.8. The molecule has 0 saturated carbocycles. The quantitative estimate of drug-likeness (QED) is 0.330. The molecule has 3 nitrogen and oxygen atoms in total. The van der Waals surface area contributed by atoms with Gasteiger partial charge in [-0.1, -0.05) is 0 Å². The molecule has 0 aliphatic rings. The molecule has 0 aliphatic carbocycles. The van der Waals surface area contributed by atoms with Crippen LogP contribution in [0.4, 0.5) is 0 Å². The minimum atomic E-state index is -2.92. The van der Waals surface area contributed by atoms with Crippen LogP contribution in [0.25, 0.3) is 0 Å². The normalized spacial score (nSPS) is 3.86. The molecule has 0 amide bonds. The van der Waals surface area contributed by atoms with Crippen LogP contribution in [0.15, 0.2) is 0 Å². The third-order valence-corrected chi connectivity index (χ3v) is 0. The maximum atomic E-state index is 8.42. The van der Waals surface area contributed by atoms with Crippen LogP contribution >= 0.6 is 0 Å². The average molecular weight is 160 g/mol. The monoisotopic (exact) mass is 160 g/mol. The number of hydrogen-bond donors (Lipinski definition) is 0. The van der Waals surface area contributed by atoms with Gasteiger partial charge in [0.15, 0.2) is 0 Å². The van der Waals surface area contributed by atoms with Crippen LogP contribution in [0.3, 0.4) is 0 Å². The predicted octanol–water partition coefficient (Wildman–Crippen LogP) is -12.9. The van der Waals surface area contributed by atoms with Crippen molar-refractivity contribution >= 4 is 7.32 Å². The maximum absolute atomic E-state index is 8.42. The van der Waals surface area contributed by atoms with E-state index in [-0.39, 0.29) is 132 Å². The van der Waals surface area contributed by atoms with Gasteiger partial charge in [-0.15, -0.1) is 0 Å². The van der Waals surface area contributed by atoms with E-state index in [1.807, 2.05) is 0 Å². The van der Waals surface area contributed by atoms with Crippen molar-refractivity contribution in [3.8, 4) is 0 Å². The Labute approximate surface area is 150 Å². The van der Waals surface area contributed by atoms with Crippen LogP contribution in [-0.4, -0.2) is 7.32 Å². The topological polar surface area (TPSA) is 69.2 Å². The molecule has 0 aromatic rings. The fourth-order valence-electron chi connectivity index (χ4n) is 0. The summed E-state index contributed by atoms with van der Waals surface area (Å²) >= 11 is 0. The van der Waals surface area contributed by atoms with Gasteiger partial charge < -0.3 is 15.1 Å². The molecule has 7 heavy (non-hydrogen) atoms. The number of hydrogen-bond acceptors (Lipinski definition) is 3. The summed E-state index contributed by atoms with van der Waals surface area (Å²) in [4.78, 5) is 0. The first-order valence-corrected chi connectivity index (χ1v) is 0.707. The van der Waals surface area contributed by atoms with E-state index in [0.29, 0.717) is 0 Å². The van der Waals surface area contributed by atoms with Crippen LogP contribution in [0.5, 0.6) is 0 Å². The molecule has 0 aromatic carbocycles. The molecule has 0 heterocycles. The molecule has 0 aromatic heterocycles. The second-order valence-electron chi connectivity index (χ2n) is 0.289. The van der Waals surface area contributed by atoms with Crippen molar-refractivity contribution in [2.75, 3.05) is 0 Å². The van der Waals surface area contributed by atoms with Gasteiger partial charge in [0.1, 0.15) is 0 Å². The average Bonchev–Trinajstić information content (AvgIpc) is 0.811. The van der Waals surface area contributed by atoms with Gasteiger partial charge in [0.2, 0.25) is 0 Å². The number of rotatable bonds is 0. The summed E-state index contributed by atoms with van der Waals surface area (Å²) in [6, 6.07) is 0. The molecule has 0 unspecified atom stereocenters. The molecule has 24 valence electrons. The fourth-order valence-corrected chi connectivity index (χ4v) is 0. The van der Waals surface area contributed by atoms with Gasteiger partial charge in [-0.3, -0.25) is 7.32 Å². The second kappa shape index (κ2) is 16.7. The van der Waals surface area contributed by atoms with Gasteiger partial charge in [-0.25, -0.2) is 0 Å². The zero-order valence-corrected chi connectivity index (χ0v) is 13.0. The van der Waals surface area contributed by atoms with Crippen molar-refractivity contribution in [2.45, 2.75) is 0 Å². The molecule has 0 rings (SSSR count). The Morgan fingerprint density at radius 3 is 0.857 bits per heavy atom. The Morgan fingerprint density at radius 2 is 0.857 bits per heavy atom. The van der Waals surface area contributed by atoms with Crippen molar-refractivity contribution in [3.05, 3.63) is 0 Å². The summed E-state index contributed by atoms with van der Waals surface area (Å²) in [7, 11) is -2.92. The zero-order chi connectivity index (χ0) is 3.58. The van der Waals surface area contributed by atoms with Crippen LogP contribution in [-0.2, 0) is 0 Å². The molecular weight excluding hydrogens is 160 g/mol. The summed E-state index contributed by atoms with van der Waals surface area (Å²) in [6.45, 7) is 0. The van der Waals surface area contributed by atoms with Gasteiger partial charge >= 0.3 is 132 Å². The van der Waals surface area contributed by atoms with Crippen molar-refractivity contribution in [3.63, 3.8) is 0 Å². The summed E-state index contributed by atoms with van der Waals surface area (Å²) in [5.74, 6) is 0. The summed E-state index contributed by atoms with van der Waals surface area (Å²) in [6.07, 6.45) is 0. The van der Waals surface area contributed by atoms with Crippen molar-refractivity contribution in [2.24, 2.45) is 0 Å². The largest absolute Gasteiger partial charge is 1.00 e. The van der Waals surface area contributed by atoms with Crippen molar-refractivity contribution < 1.29 is 147 Å². The minimum Gasteiger partial charge on any atom is -0.907 e. The van der Waals surface area contributed by atoms with Gasteiger partial charge in [0.25, 0.3) is 0 Å². The molecule has 0 spiro atoms. The Bertz CT molecular complexity index is 17.7. The van der Waals surface area contributed by atoms with E-state index in [1.165, 1.54) is 0 Å². The van der Waals surface area contributed by atoms with Crippen molar-refractivity contribution in [1.29, 1.82) is 0 Å². The van der Waals surface area contributed by atoms with E-state index in [2.05, 4.69) is 0 Å². The zero-order valence-electron chi connectivity index (χ0n) is 4.80. The standard InChI is InChI=1S/BO3.2K.Na/c2-1(3)4;;;/q-3;3*+1. The van der Waals surface area contributed by atoms with E-state index in [4.69, 9.17) is 15.1 Å². The Hall–Kier alpha value is 4.22. The molecule has 0 bridgehead atoms. The third-order valence-electron chi connectivity index (χ3n) is 0. The van der Waals surface area contributed by atoms with E-state index in [9.17, 15) is 0 Å². The van der Waals surface area contributed by atoms with E-state index < -0.39 is 7.32 Å². The Kier molecular flexibility index (Phi) is 53.5. The van der Waals surface area contributed by atoms with Gasteiger partial charge in [-0.2, -0.15) is 0 Å². The van der Waals surface area contributed by atoms with Gasteiger partial charge in [0.05, 0.1) is 0 Å². The Balaban J connectivity index is -0.0000000150. The summed E-state index contributed by atoms with van der Waals surface area (Å²) in [5.41, 5.74) is 0. The summed E-state index contributed by atoms with van der Waals surface area (Å²) < 4.78 is 0. The molecule has 0 N–H and O–H groups in total. The Morgan fingerprint density at radius 1 is 0.857 bits per heavy atom. The van der Waals surface area contributed by atoms with Crippen LogP contribution in [0.1, 0.15) is 0 Å². The predicted molar refractivity (Wildman–Crippen MR) is 5.75 cm³/mol. The molecular formula is BK2NaO3.